The second kappa shape index (κ2) is 8.22. The summed E-state index contributed by atoms with van der Waals surface area (Å²) in [6.07, 6.45) is 2.97. The van der Waals surface area contributed by atoms with E-state index in [2.05, 4.69) is 28.1 Å². The second-order valence-corrected chi connectivity index (χ2v) is 12.2. The molecule has 0 aromatic heterocycles. The highest BCUT2D eigenvalue weighted by molar-refractivity contribution is 9.10. The fourth-order valence-electron chi connectivity index (χ4n) is 8.38. The van der Waals surface area contributed by atoms with Crippen LogP contribution in [0.15, 0.2) is 40.9 Å². The molecule has 6 heteroatoms. The SMILES string of the molecule is CC12CC(c3ccc(Br)cc3)C3C4CCC(=O)CC4CCC3C1CCC2(O)C=CC(F)(F)F. The van der Waals surface area contributed by atoms with Crippen molar-refractivity contribution in [2.75, 3.05) is 0 Å². The van der Waals surface area contributed by atoms with Gasteiger partial charge >= 0.3 is 6.18 Å². The van der Waals surface area contributed by atoms with E-state index in [0.29, 0.717) is 55.1 Å². The van der Waals surface area contributed by atoms with Crippen LogP contribution in [0.4, 0.5) is 13.2 Å². The molecule has 8 atom stereocenters. The Morgan fingerprint density at radius 3 is 2.52 bits per heavy atom. The Kier molecular flexibility index (Phi) is 5.88. The Hall–Kier alpha value is -1.14. The molecule has 0 aliphatic heterocycles. The number of carbonyl (C=O) groups excluding carboxylic acids is 1. The van der Waals surface area contributed by atoms with E-state index in [1.807, 2.05) is 19.1 Å². The minimum atomic E-state index is -4.43. The van der Waals surface area contributed by atoms with Gasteiger partial charge in [-0.3, -0.25) is 4.79 Å². The van der Waals surface area contributed by atoms with E-state index in [-0.39, 0.29) is 17.9 Å². The standard InChI is InChI=1S/C27H32BrF3O2/c1-25-15-22(16-2-5-18(28)6-3-16)24-20-9-7-19(32)14-17(20)4-8-21(24)23(25)10-11-26(25,33)12-13-27(29,30)31/h2-3,5-6,12-13,17,20-24,33H,4,7-11,14-15H2,1H3. The number of alkyl halides is 3. The van der Waals surface area contributed by atoms with E-state index in [1.165, 1.54) is 5.56 Å². The zero-order valence-corrected chi connectivity index (χ0v) is 20.5. The first-order chi connectivity index (χ1) is 15.5. The highest BCUT2D eigenvalue weighted by atomic mass is 79.9. The van der Waals surface area contributed by atoms with Crippen LogP contribution in [0.5, 0.6) is 0 Å². The van der Waals surface area contributed by atoms with Crippen LogP contribution in [0.1, 0.15) is 69.8 Å². The average Bonchev–Trinajstić information content (AvgIpc) is 3.02. The van der Waals surface area contributed by atoms with Crippen LogP contribution in [-0.4, -0.2) is 22.7 Å². The molecule has 2 nitrogen and oxygen atoms in total. The van der Waals surface area contributed by atoms with Crippen LogP contribution < -0.4 is 0 Å². The van der Waals surface area contributed by atoms with Crippen molar-refractivity contribution in [3.8, 4) is 0 Å². The summed E-state index contributed by atoms with van der Waals surface area (Å²) in [4.78, 5) is 12.2. The Morgan fingerprint density at radius 1 is 1.09 bits per heavy atom. The van der Waals surface area contributed by atoms with Gasteiger partial charge in [0, 0.05) is 28.8 Å². The van der Waals surface area contributed by atoms with Gasteiger partial charge in [0.2, 0.25) is 0 Å². The molecular formula is C27H32BrF3O2. The third kappa shape index (κ3) is 4.03. The van der Waals surface area contributed by atoms with Crippen LogP contribution in [-0.2, 0) is 4.79 Å². The molecule has 0 radical (unpaired) electrons. The summed E-state index contributed by atoms with van der Waals surface area (Å²) in [7, 11) is 0. The summed E-state index contributed by atoms with van der Waals surface area (Å²) in [5.74, 6) is 2.47. The molecule has 8 unspecified atom stereocenters. The summed E-state index contributed by atoms with van der Waals surface area (Å²) in [6, 6.07) is 8.33. The Morgan fingerprint density at radius 2 is 1.82 bits per heavy atom. The molecule has 0 bridgehead atoms. The number of benzene rings is 1. The van der Waals surface area contributed by atoms with Crippen molar-refractivity contribution in [3.63, 3.8) is 0 Å². The van der Waals surface area contributed by atoms with Gasteiger partial charge in [0.15, 0.2) is 0 Å². The number of allylic oxidation sites excluding steroid dienone is 1. The minimum absolute atomic E-state index is 0.175. The molecule has 0 saturated heterocycles. The fourth-order valence-corrected chi connectivity index (χ4v) is 8.64. The maximum absolute atomic E-state index is 13.1. The maximum atomic E-state index is 13.1. The monoisotopic (exact) mass is 524 g/mol. The number of aliphatic hydroxyl groups is 1. The van der Waals surface area contributed by atoms with Gasteiger partial charge in [0.05, 0.1) is 5.60 Å². The number of carbonyl (C=O) groups is 1. The van der Waals surface area contributed by atoms with Crippen LogP contribution in [0.25, 0.3) is 0 Å². The molecule has 4 aliphatic rings. The van der Waals surface area contributed by atoms with Gasteiger partial charge < -0.3 is 5.11 Å². The van der Waals surface area contributed by atoms with E-state index < -0.39 is 17.2 Å². The summed E-state index contributed by atoms with van der Waals surface area (Å²) < 4.78 is 40.2. The Bertz CT molecular complexity index is 942. The van der Waals surface area contributed by atoms with Crippen molar-refractivity contribution in [2.45, 2.75) is 76.0 Å². The first-order valence-corrected chi connectivity index (χ1v) is 13.1. The predicted octanol–water partition coefficient (Wildman–Crippen LogP) is 7.21. The Labute approximate surface area is 202 Å². The molecule has 1 aromatic carbocycles. The zero-order chi connectivity index (χ0) is 23.6. The Balaban J connectivity index is 1.56. The van der Waals surface area contributed by atoms with E-state index in [9.17, 15) is 23.1 Å². The summed E-state index contributed by atoms with van der Waals surface area (Å²) in [6.45, 7) is 2.03. The topological polar surface area (TPSA) is 37.3 Å². The van der Waals surface area contributed by atoms with Crippen molar-refractivity contribution in [1.82, 2.24) is 0 Å². The van der Waals surface area contributed by atoms with Crippen LogP contribution in [0, 0.1) is 35.0 Å². The lowest BCUT2D eigenvalue weighted by Gasteiger charge is -2.59. The third-order valence-corrected chi connectivity index (χ3v) is 10.4. The van der Waals surface area contributed by atoms with Crippen molar-refractivity contribution in [2.24, 2.45) is 35.0 Å². The molecule has 4 aliphatic carbocycles. The van der Waals surface area contributed by atoms with Gasteiger partial charge in [0.1, 0.15) is 5.78 Å². The van der Waals surface area contributed by atoms with Gasteiger partial charge in [-0.1, -0.05) is 35.0 Å². The maximum Gasteiger partial charge on any atom is 0.409 e. The van der Waals surface area contributed by atoms with Gasteiger partial charge in [-0.25, -0.2) is 0 Å². The first-order valence-electron chi connectivity index (χ1n) is 12.3. The van der Waals surface area contributed by atoms with Gasteiger partial charge in [-0.2, -0.15) is 13.2 Å². The predicted molar refractivity (Wildman–Crippen MR) is 125 cm³/mol. The number of hydrogen-bond acceptors (Lipinski definition) is 2. The minimum Gasteiger partial charge on any atom is -0.385 e. The molecule has 4 saturated carbocycles. The number of halogens is 4. The number of rotatable bonds is 2. The molecule has 4 fully saturated rings. The number of Topliss-reactive ketones (excluding diaryl/α,β-unsaturated/α-hetero) is 1. The zero-order valence-electron chi connectivity index (χ0n) is 19.0. The first kappa shape index (κ1) is 23.6. The highest BCUT2D eigenvalue weighted by Crippen LogP contribution is 2.68. The van der Waals surface area contributed by atoms with Crippen molar-refractivity contribution < 1.29 is 23.1 Å². The van der Waals surface area contributed by atoms with Crippen LogP contribution in [0.2, 0.25) is 0 Å². The molecular weight excluding hydrogens is 493 g/mol. The van der Waals surface area contributed by atoms with Crippen LogP contribution in [0.3, 0.4) is 0 Å². The van der Waals surface area contributed by atoms with Crippen molar-refractivity contribution in [1.29, 1.82) is 0 Å². The number of ketones is 1. The smallest absolute Gasteiger partial charge is 0.385 e. The van der Waals surface area contributed by atoms with Crippen molar-refractivity contribution >= 4 is 21.7 Å². The molecule has 0 heterocycles. The molecule has 180 valence electrons. The fraction of sp³-hybridized carbons (Fsp3) is 0.667. The average molecular weight is 525 g/mol. The summed E-state index contributed by atoms with van der Waals surface area (Å²) in [5, 5.41) is 11.6. The lowest BCUT2D eigenvalue weighted by Crippen LogP contribution is -2.55. The summed E-state index contributed by atoms with van der Waals surface area (Å²) in [5.41, 5.74) is -0.852. The van der Waals surface area contributed by atoms with E-state index >= 15 is 0 Å². The third-order valence-electron chi connectivity index (χ3n) is 9.83. The van der Waals surface area contributed by atoms with Gasteiger partial charge in [-0.05, 0) is 97.8 Å². The van der Waals surface area contributed by atoms with E-state index in [0.717, 1.165) is 36.2 Å². The normalized spacial score (nSPS) is 43.3. The van der Waals surface area contributed by atoms with Gasteiger partial charge in [-0.15, -0.1) is 0 Å². The summed E-state index contributed by atoms with van der Waals surface area (Å²) >= 11 is 3.52. The second-order valence-electron chi connectivity index (χ2n) is 11.2. The molecule has 1 N–H and O–H groups in total. The molecule has 0 spiro atoms. The number of hydrogen-bond donors (Lipinski definition) is 1. The molecule has 5 rings (SSSR count). The van der Waals surface area contributed by atoms with Crippen molar-refractivity contribution in [3.05, 3.63) is 46.5 Å². The highest BCUT2D eigenvalue weighted by Gasteiger charge is 2.64. The quantitative estimate of drug-likeness (QED) is 0.414. The number of fused-ring (bicyclic) bond motifs is 5. The molecule has 33 heavy (non-hydrogen) atoms. The largest absolute Gasteiger partial charge is 0.409 e. The van der Waals surface area contributed by atoms with E-state index in [4.69, 9.17) is 0 Å². The lowest BCUT2D eigenvalue weighted by molar-refractivity contribution is -0.135. The lowest BCUT2D eigenvalue weighted by atomic mass is 9.45. The van der Waals surface area contributed by atoms with E-state index in [1.54, 1.807) is 0 Å². The molecule has 0 amide bonds. The van der Waals surface area contributed by atoms with Crippen LogP contribution >= 0.6 is 15.9 Å². The molecule has 1 aromatic rings. The van der Waals surface area contributed by atoms with Gasteiger partial charge in [0.25, 0.3) is 0 Å².